The Labute approximate surface area is 146 Å². The highest BCUT2D eigenvalue weighted by Crippen LogP contribution is 2.48. The van der Waals surface area contributed by atoms with Crippen LogP contribution in [0.15, 0.2) is 24.3 Å². The van der Waals surface area contributed by atoms with Crippen molar-refractivity contribution in [2.45, 2.75) is 25.7 Å². The predicted octanol–water partition coefficient (Wildman–Crippen LogP) is 2.07. The highest BCUT2D eigenvalue weighted by atomic mass is 32.2. The molecule has 0 amide bonds. The second kappa shape index (κ2) is 7.13. The van der Waals surface area contributed by atoms with Gasteiger partial charge in [0.05, 0.1) is 11.5 Å². The van der Waals surface area contributed by atoms with Crippen LogP contribution in [0.25, 0.3) is 0 Å². The summed E-state index contributed by atoms with van der Waals surface area (Å²) in [5, 5.41) is 0. The zero-order valence-corrected chi connectivity index (χ0v) is 14.4. The van der Waals surface area contributed by atoms with E-state index in [1.807, 2.05) is 0 Å². The quantitative estimate of drug-likeness (QED) is 0.465. The lowest BCUT2D eigenvalue weighted by Crippen LogP contribution is -2.25. The summed E-state index contributed by atoms with van der Waals surface area (Å²) in [6.07, 6.45) is 4.24. The van der Waals surface area contributed by atoms with Crippen LogP contribution in [0.3, 0.4) is 0 Å². The van der Waals surface area contributed by atoms with Gasteiger partial charge in [-0.25, -0.2) is 4.79 Å². The Morgan fingerprint density at radius 1 is 1.20 bits per heavy atom. The lowest BCUT2D eigenvalue weighted by Gasteiger charge is -2.19. The number of esters is 2. The molecule has 1 aromatic carbocycles. The van der Waals surface area contributed by atoms with Crippen LogP contribution >= 0.6 is 0 Å². The molecule has 0 saturated heterocycles. The van der Waals surface area contributed by atoms with E-state index in [1.54, 1.807) is 12.1 Å². The maximum absolute atomic E-state index is 12.3. The van der Waals surface area contributed by atoms with Crippen LogP contribution < -0.4 is 4.74 Å². The molecule has 0 radical (unpaired) electrons. The van der Waals surface area contributed by atoms with E-state index in [0.29, 0.717) is 11.8 Å². The van der Waals surface area contributed by atoms with E-state index in [-0.39, 0.29) is 23.2 Å². The van der Waals surface area contributed by atoms with E-state index in [1.165, 1.54) is 18.6 Å². The summed E-state index contributed by atoms with van der Waals surface area (Å²) >= 11 is 0. The number of fused-ring (bicyclic) bond motifs is 2. The second-order valence-corrected chi connectivity index (χ2v) is 8.22. The minimum absolute atomic E-state index is 0.0656. The van der Waals surface area contributed by atoms with Gasteiger partial charge in [-0.1, -0.05) is 12.5 Å². The van der Waals surface area contributed by atoms with Crippen molar-refractivity contribution in [3.05, 3.63) is 29.8 Å². The third kappa shape index (κ3) is 4.58. The molecular weight excluding hydrogens is 348 g/mol. The van der Waals surface area contributed by atoms with E-state index < -0.39 is 28.4 Å². The van der Waals surface area contributed by atoms with Crippen molar-refractivity contribution in [2.24, 2.45) is 17.8 Å². The topological polar surface area (TPSA) is 107 Å². The van der Waals surface area contributed by atoms with Gasteiger partial charge in [0, 0.05) is 0 Å². The minimum atomic E-state index is -4.19. The summed E-state index contributed by atoms with van der Waals surface area (Å²) < 4.78 is 40.0. The van der Waals surface area contributed by atoms with E-state index >= 15 is 0 Å². The Kier molecular flexibility index (Phi) is 5.10. The molecular formula is C17H20O7S. The summed E-state index contributed by atoms with van der Waals surface area (Å²) in [4.78, 5) is 24.2. The monoisotopic (exact) mass is 368 g/mol. The summed E-state index contributed by atoms with van der Waals surface area (Å²) in [5.41, 5.74) is 0.147. The van der Waals surface area contributed by atoms with E-state index in [4.69, 9.17) is 14.0 Å². The standard InChI is InChI=1S/C17H20O7S/c18-16(23-6-7-25(20,21)22)13-2-1-3-14(10-13)24-17(19)15-9-11-4-5-12(15)8-11/h1-3,10-12,15H,4-9H2,(H,20,21,22). The van der Waals surface area contributed by atoms with E-state index in [9.17, 15) is 18.0 Å². The fourth-order valence-corrected chi connectivity index (χ4v) is 4.03. The zero-order valence-electron chi connectivity index (χ0n) is 13.6. The predicted molar refractivity (Wildman–Crippen MR) is 87.7 cm³/mol. The Morgan fingerprint density at radius 2 is 2.00 bits per heavy atom. The van der Waals surface area contributed by atoms with Gasteiger partial charge < -0.3 is 9.47 Å². The van der Waals surface area contributed by atoms with Gasteiger partial charge in [-0.05, 0) is 49.3 Å². The molecule has 7 nitrogen and oxygen atoms in total. The number of hydrogen-bond donors (Lipinski definition) is 1. The van der Waals surface area contributed by atoms with Gasteiger partial charge in [0.25, 0.3) is 10.1 Å². The molecule has 0 aliphatic heterocycles. The largest absolute Gasteiger partial charge is 0.461 e. The zero-order chi connectivity index (χ0) is 18.0. The first kappa shape index (κ1) is 17.9. The number of hydrogen-bond acceptors (Lipinski definition) is 6. The number of benzene rings is 1. The van der Waals surface area contributed by atoms with Gasteiger partial charge in [-0.2, -0.15) is 8.42 Å². The number of rotatable bonds is 6. The number of carbonyl (C=O) groups excluding carboxylic acids is 2. The Bertz CT molecular complexity index is 771. The maximum Gasteiger partial charge on any atom is 0.338 e. The molecule has 2 aliphatic carbocycles. The summed E-state index contributed by atoms with van der Waals surface area (Å²) in [6, 6.07) is 6.01. The molecule has 8 heteroatoms. The molecule has 3 atom stereocenters. The molecule has 0 spiro atoms. The Morgan fingerprint density at radius 3 is 2.64 bits per heavy atom. The fraction of sp³-hybridized carbons (Fsp3) is 0.529. The van der Waals surface area contributed by atoms with Crippen LogP contribution in [0.2, 0.25) is 0 Å². The van der Waals surface area contributed by atoms with Crippen molar-refractivity contribution in [1.82, 2.24) is 0 Å². The lowest BCUT2D eigenvalue weighted by molar-refractivity contribution is -0.140. The van der Waals surface area contributed by atoms with Gasteiger partial charge in [0.15, 0.2) is 0 Å². The van der Waals surface area contributed by atoms with Gasteiger partial charge >= 0.3 is 11.9 Å². The van der Waals surface area contributed by atoms with Crippen LogP contribution in [0.4, 0.5) is 0 Å². The van der Waals surface area contributed by atoms with Crippen LogP contribution in [-0.2, 0) is 19.6 Å². The second-order valence-electron chi connectivity index (χ2n) is 6.65. The summed E-state index contributed by atoms with van der Waals surface area (Å²) in [7, 11) is -4.19. The van der Waals surface area contributed by atoms with Gasteiger partial charge in [0.1, 0.15) is 18.1 Å². The van der Waals surface area contributed by atoms with Crippen molar-refractivity contribution in [3.63, 3.8) is 0 Å². The van der Waals surface area contributed by atoms with Crippen molar-refractivity contribution >= 4 is 22.1 Å². The van der Waals surface area contributed by atoms with Crippen molar-refractivity contribution in [2.75, 3.05) is 12.4 Å². The first-order valence-corrected chi connectivity index (χ1v) is 9.87. The first-order valence-electron chi connectivity index (χ1n) is 8.26. The molecule has 1 N–H and O–H groups in total. The van der Waals surface area contributed by atoms with Crippen LogP contribution in [0, 0.1) is 17.8 Å². The number of carbonyl (C=O) groups is 2. The highest BCUT2D eigenvalue weighted by molar-refractivity contribution is 7.85. The van der Waals surface area contributed by atoms with Crippen molar-refractivity contribution in [1.29, 1.82) is 0 Å². The minimum Gasteiger partial charge on any atom is -0.461 e. The molecule has 136 valence electrons. The van der Waals surface area contributed by atoms with Crippen molar-refractivity contribution in [3.8, 4) is 5.75 Å². The SMILES string of the molecule is O=C(OCCS(=O)(=O)O)c1cccc(OC(=O)C2CC3CCC2C3)c1. The summed E-state index contributed by atoms with van der Waals surface area (Å²) in [6.45, 7) is -0.452. The molecule has 2 saturated carbocycles. The molecule has 2 aliphatic rings. The van der Waals surface area contributed by atoms with Crippen LogP contribution in [0.1, 0.15) is 36.0 Å². The third-order valence-corrected chi connectivity index (χ3v) is 5.59. The normalized spacial score (nSPS) is 24.9. The maximum atomic E-state index is 12.3. The van der Waals surface area contributed by atoms with Gasteiger partial charge in [0.2, 0.25) is 0 Å². The summed E-state index contributed by atoms with van der Waals surface area (Å²) in [5.74, 6) is -0.443. The average molecular weight is 368 g/mol. The lowest BCUT2D eigenvalue weighted by atomic mass is 9.89. The molecule has 2 bridgehead atoms. The molecule has 1 aromatic rings. The van der Waals surface area contributed by atoms with Gasteiger partial charge in [-0.3, -0.25) is 9.35 Å². The van der Waals surface area contributed by atoms with E-state index in [0.717, 1.165) is 19.3 Å². The van der Waals surface area contributed by atoms with Crippen LogP contribution in [-0.4, -0.2) is 37.3 Å². The van der Waals surface area contributed by atoms with Crippen molar-refractivity contribution < 1.29 is 32.0 Å². The highest BCUT2D eigenvalue weighted by Gasteiger charge is 2.44. The first-order chi connectivity index (χ1) is 11.8. The fourth-order valence-electron chi connectivity index (χ4n) is 3.73. The Hall–Kier alpha value is -1.93. The Balaban J connectivity index is 1.57. The molecule has 3 unspecified atom stereocenters. The average Bonchev–Trinajstić information content (AvgIpc) is 3.17. The van der Waals surface area contributed by atoms with E-state index in [2.05, 4.69) is 0 Å². The number of ether oxygens (including phenoxy) is 2. The van der Waals surface area contributed by atoms with Gasteiger partial charge in [-0.15, -0.1) is 0 Å². The molecule has 3 rings (SSSR count). The third-order valence-electron chi connectivity index (χ3n) is 4.90. The van der Waals surface area contributed by atoms with Crippen LogP contribution in [0.5, 0.6) is 5.75 Å². The smallest absolute Gasteiger partial charge is 0.338 e. The molecule has 25 heavy (non-hydrogen) atoms. The molecule has 0 aromatic heterocycles. The molecule has 2 fully saturated rings. The molecule has 0 heterocycles.